The zero-order chi connectivity index (χ0) is 21.9. The molecule has 9 atom stereocenters. The lowest BCUT2D eigenvalue weighted by Crippen LogP contribution is -2.55. The number of hydrogen-bond donors (Lipinski definition) is 3. The average molecular weight is 419 g/mol. The summed E-state index contributed by atoms with van der Waals surface area (Å²) in [6.07, 6.45) is 12.1. The van der Waals surface area contributed by atoms with Crippen molar-refractivity contribution in [3.8, 4) is 0 Å². The van der Waals surface area contributed by atoms with E-state index in [0.29, 0.717) is 24.2 Å². The van der Waals surface area contributed by atoms with Crippen LogP contribution < -0.4 is 0 Å². The lowest BCUT2D eigenvalue weighted by atomic mass is 9.46. The molecule has 3 nitrogen and oxygen atoms in total. The third-order valence-electron chi connectivity index (χ3n) is 10.5. The van der Waals surface area contributed by atoms with Gasteiger partial charge in [-0.25, -0.2) is 0 Å². The van der Waals surface area contributed by atoms with Gasteiger partial charge in [0, 0.05) is 0 Å². The summed E-state index contributed by atoms with van der Waals surface area (Å²) in [5, 5.41) is 32.7. The van der Waals surface area contributed by atoms with E-state index >= 15 is 0 Å². The zero-order valence-electron chi connectivity index (χ0n) is 20.0. The van der Waals surface area contributed by atoms with Gasteiger partial charge in [0.05, 0.1) is 17.8 Å². The van der Waals surface area contributed by atoms with Crippen LogP contribution in [0.5, 0.6) is 0 Å². The van der Waals surface area contributed by atoms with Gasteiger partial charge in [0.1, 0.15) is 0 Å². The molecule has 0 saturated heterocycles. The predicted molar refractivity (Wildman–Crippen MR) is 122 cm³/mol. The summed E-state index contributed by atoms with van der Waals surface area (Å²) >= 11 is 0. The monoisotopic (exact) mass is 418 g/mol. The van der Waals surface area contributed by atoms with Gasteiger partial charge in [-0.2, -0.15) is 0 Å². The van der Waals surface area contributed by atoms with Gasteiger partial charge < -0.3 is 15.3 Å². The molecule has 0 aliphatic heterocycles. The molecule has 0 aromatic carbocycles. The lowest BCUT2D eigenvalue weighted by Gasteiger charge is -2.59. The van der Waals surface area contributed by atoms with E-state index in [2.05, 4.69) is 33.8 Å². The Labute approximate surface area is 184 Å². The summed E-state index contributed by atoms with van der Waals surface area (Å²) in [4.78, 5) is 0. The fraction of sp³-hybridized carbons (Fsp3) is 0.926. The van der Waals surface area contributed by atoms with Gasteiger partial charge >= 0.3 is 0 Å². The van der Waals surface area contributed by atoms with Crippen LogP contribution in [0.4, 0.5) is 0 Å². The van der Waals surface area contributed by atoms with Crippen molar-refractivity contribution in [3.63, 3.8) is 0 Å². The summed E-state index contributed by atoms with van der Waals surface area (Å²) in [6, 6.07) is 0. The summed E-state index contributed by atoms with van der Waals surface area (Å²) in [6.45, 7) is 11.2. The molecule has 172 valence electrons. The SMILES string of the molecule is CC(C)CC[C@@H](O)[C@](C)(O)[C@H]1CC[C@@H]2[C@@H]3CC=C4C[C@@H](O)CC[C@]4(C)[C@H]3CC[C@@]21C. The van der Waals surface area contributed by atoms with Crippen molar-refractivity contribution in [2.45, 2.75) is 117 Å². The normalized spacial score (nSPS) is 46.4. The summed E-state index contributed by atoms with van der Waals surface area (Å²) in [5.41, 5.74) is 0.914. The fourth-order valence-corrected chi connectivity index (χ4v) is 8.62. The largest absolute Gasteiger partial charge is 0.393 e. The summed E-state index contributed by atoms with van der Waals surface area (Å²) < 4.78 is 0. The van der Waals surface area contributed by atoms with Crippen molar-refractivity contribution in [2.75, 3.05) is 0 Å². The Kier molecular flexibility index (Phi) is 5.99. The summed E-state index contributed by atoms with van der Waals surface area (Å²) in [5.74, 6) is 2.80. The Morgan fingerprint density at radius 1 is 1.07 bits per heavy atom. The number of allylic oxidation sites excluding steroid dienone is 1. The third-order valence-corrected chi connectivity index (χ3v) is 10.5. The highest BCUT2D eigenvalue weighted by Gasteiger charge is 2.62. The van der Waals surface area contributed by atoms with Crippen LogP contribution >= 0.6 is 0 Å². The van der Waals surface area contributed by atoms with Crippen molar-refractivity contribution in [1.29, 1.82) is 0 Å². The fourth-order valence-electron chi connectivity index (χ4n) is 8.62. The van der Waals surface area contributed by atoms with Crippen LogP contribution in [0.15, 0.2) is 11.6 Å². The first-order valence-corrected chi connectivity index (χ1v) is 12.8. The molecule has 0 aromatic heterocycles. The topological polar surface area (TPSA) is 60.7 Å². The minimum absolute atomic E-state index is 0.124. The molecule has 0 heterocycles. The first-order chi connectivity index (χ1) is 14.0. The van der Waals surface area contributed by atoms with Crippen molar-refractivity contribution in [1.82, 2.24) is 0 Å². The Morgan fingerprint density at radius 2 is 1.80 bits per heavy atom. The number of aliphatic hydroxyl groups is 3. The van der Waals surface area contributed by atoms with Crippen molar-refractivity contribution < 1.29 is 15.3 Å². The average Bonchev–Trinajstić information content (AvgIpc) is 3.04. The lowest BCUT2D eigenvalue weighted by molar-refractivity contribution is -0.151. The quantitative estimate of drug-likeness (QED) is 0.519. The second-order valence-corrected chi connectivity index (χ2v) is 12.5. The van der Waals surface area contributed by atoms with Crippen LogP contribution in [-0.4, -0.2) is 33.1 Å². The number of rotatable bonds is 5. The van der Waals surface area contributed by atoms with Gasteiger partial charge in [-0.1, -0.05) is 39.3 Å². The molecule has 4 aliphatic rings. The van der Waals surface area contributed by atoms with Crippen LogP contribution in [0, 0.1) is 40.4 Å². The molecule has 0 bridgehead atoms. The molecule has 3 N–H and O–H groups in total. The Bertz CT molecular complexity index is 667. The minimum atomic E-state index is -1.00. The smallest absolute Gasteiger partial charge is 0.0910 e. The van der Waals surface area contributed by atoms with E-state index in [0.717, 1.165) is 44.4 Å². The van der Waals surface area contributed by atoms with E-state index in [9.17, 15) is 15.3 Å². The van der Waals surface area contributed by atoms with Gasteiger partial charge in [-0.05, 0) is 112 Å². The molecular formula is C27H46O3. The first kappa shape index (κ1) is 22.8. The van der Waals surface area contributed by atoms with Crippen molar-refractivity contribution in [3.05, 3.63) is 11.6 Å². The molecule has 0 amide bonds. The maximum absolute atomic E-state index is 11.6. The standard InChI is InChI=1S/C27H46O3/c1-17(2)6-11-24(29)27(5,30)23-10-9-21-20-8-7-18-16-19(28)12-14-25(18,3)22(20)13-15-26(21,23)4/h7,17,19-24,28-30H,6,8-16H2,1-5H3/t19-,20-,21+,22-,23-,24+,25-,26-,27+/m0/s1. The number of fused-ring (bicyclic) bond motifs is 5. The van der Waals surface area contributed by atoms with Gasteiger partial charge in [-0.3, -0.25) is 0 Å². The molecule has 0 aromatic rings. The van der Waals surface area contributed by atoms with E-state index in [1.165, 1.54) is 24.8 Å². The molecule has 3 saturated carbocycles. The molecule has 3 heteroatoms. The van der Waals surface area contributed by atoms with Gasteiger partial charge in [0.25, 0.3) is 0 Å². The van der Waals surface area contributed by atoms with E-state index < -0.39 is 11.7 Å². The molecule has 0 spiro atoms. The molecule has 30 heavy (non-hydrogen) atoms. The highest BCUT2D eigenvalue weighted by Crippen LogP contribution is 2.67. The maximum atomic E-state index is 11.6. The van der Waals surface area contributed by atoms with E-state index in [4.69, 9.17) is 0 Å². The van der Waals surface area contributed by atoms with Crippen LogP contribution in [0.1, 0.15) is 98.8 Å². The zero-order valence-corrected chi connectivity index (χ0v) is 20.0. The van der Waals surface area contributed by atoms with E-state index in [-0.39, 0.29) is 22.9 Å². The predicted octanol–water partition coefficient (Wildman–Crippen LogP) is 5.47. The van der Waals surface area contributed by atoms with E-state index in [1.807, 2.05) is 6.92 Å². The maximum Gasteiger partial charge on any atom is 0.0910 e. The summed E-state index contributed by atoms with van der Waals surface area (Å²) in [7, 11) is 0. The van der Waals surface area contributed by atoms with Gasteiger partial charge in [0.2, 0.25) is 0 Å². The van der Waals surface area contributed by atoms with Crippen LogP contribution in [-0.2, 0) is 0 Å². The number of aliphatic hydroxyl groups excluding tert-OH is 2. The van der Waals surface area contributed by atoms with Crippen molar-refractivity contribution >= 4 is 0 Å². The van der Waals surface area contributed by atoms with Crippen molar-refractivity contribution in [2.24, 2.45) is 40.4 Å². The Morgan fingerprint density at radius 3 is 2.50 bits per heavy atom. The highest BCUT2D eigenvalue weighted by atomic mass is 16.3. The van der Waals surface area contributed by atoms with Gasteiger partial charge in [-0.15, -0.1) is 0 Å². The minimum Gasteiger partial charge on any atom is -0.393 e. The second kappa shape index (κ2) is 7.89. The molecule has 4 aliphatic carbocycles. The third kappa shape index (κ3) is 3.52. The Balaban J connectivity index is 1.55. The molecular weight excluding hydrogens is 372 g/mol. The first-order valence-electron chi connectivity index (χ1n) is 12.8. The van der Waals surface area contributed by atoms with Crippen LogP contribution in [0.2, 0.25) is 0 Å². The molecule has 0 unspecified atom stereocenters. The Hall–Kier alpha value is -0.380. The van der Waals surface area contributed by atoms with Crippen LogP contribution in [0.25, 0.3) is 0 Å². The second-order valence-electron chi connectivity index (χ2n) is 12.5. The van der Waals surface area contributed by atoms with Crippen LogP contribution in [0.3, 0.4) is 0 Å². The molecule has 4 rings (SSSR count). The van der Waals surface area contributed by atoms with E-state index in [1.54, 1.807) is 0 Å². The number of hydrogen-bond acceptors (Lipinski definition) is 3. The molecule has 0 radical (unpaired) electrons. The van der Waals surface area contributed by atoms with Gasteiger partial charge in [0.15, 0.2) is 0 Å². The highest BCUT2D eigenvalue weighted by molar-refractivity contribution is 5.25. The molecule has 3 fully saturated rings.